The summed E-state index contributed by atoms with van der Waals surface area (Å²) in [4.78, 5) is 0. The largest absolute Gasteiger partial charge is 0.399 e. The standard InChI is InChI=1S/C47H66N2/c1-3-5-7-10-16-20-42-34-38(22-28-44(42)36-40-24-30-46(48)31-25-40)18-14-12-9-13-15-19-39-23-29-45(37-41-26-32-47(49)33-27-41)43(35-39)21-17-11-8-6-4-2/h22-35H,3-21,36-37,48-49H2,1-2H3. The van der Waals surface area contributed by atoms with Gasteiger partial charge in [0.2, 0.25) is 0 Å². The zero-order valence-electron chi connectivity index (χ0n) is 31.1. The summed E-state index contributed by atoms with van der Waals surface area (Å²) in [5.41, 5.74) is 25.4. The maximum Gasteiger partial charge on any atom is 0.0314 e. The topological polar surface area (TPSA) is 52.0 Å². The molecule has 4 N–H and O–H groups in total. The van der Waals surface area contributed by atoms with Crippen LogP contribution in [0.3, 0.4) is 0 Å². The molecule has 0 fully saturated rings. The van der Waals surface area contributed by atoms with E-state index in [2.05, 4.69) is 74.5 Å². The summed E-state index contributed by atoms with van der Waals surface area (Å²) < 4.78 is 0. The first-order valence-electron chi connectivity index (χ1n) is 19.9. The lowest BCUT2D eigenvalue weighted by molar-refractivity contribution is 0.612. The minimum absolute atomic E-state index is 0.841. The molecule has 0 heterocycles. The van der Waals surface area contributed by atoms with Gasteiger partial charge in [0.05, 0.1) is 0 Å². The molecule has 0 spiro atoms. The predicted octanol–water partition coefficient (Wildman–Crippen LogP) is 12.8. The normalized spacial score (nSPS) is 11.3. The van der Waals surface area contributed by atoms with Crippen LogP contribution in [0.4, 0.5) is 11.4 Å². The molecule has 4 rings (SSSR count). The smallest absolute Gasteiger partial charge is 0.0314 e. The van der Waals surface area contributed by atoms with Crippen LogP contribution in [0.2, 0.25) is 0 Å². The Morgan fingerprint density at radius 1 is 0.327 bits per heavy atom. The summed E-state index contributed by atoms with van der Waals surface area (Å²) in [6.07, 6.45) is 26.7. The summed E-state index contributed by atoms with van der Waals surface area (Å²) in [7, 11) is 0. The lowest BCUT2D eigenvalue weighted by atomic mass is 9.92. The first kappa shape index (κ1) is 38.3. The van der Waals surface area contributed by atoms with Crippen LogP contribution < -0.4 is 11.5 Å². The summed E-state index contributed by atoms with van der Waals surface area (Å²) in [5.74, 6) is 0. The highest BCUT2D eigenvalue weighted by Crippen LogP contribution is 2.24. The van der Waals surface area contributed by atoms with Gasteiger partial charge in [0.1, 0.15) is 0 Å². The van der Waals surface area contributed by atoms with Gasteiger partial charge < -0.3 is 11.5 Å². The molecular weight excluding hydrogens is 593 g/mol. The molecule has 4 aromatic carbocycles. The SMILES string of the molecule is CCCCCCCc1cc(CCCCCCCc2ccc(Cc3ccc(N)cc3)c(CCCCCCC)c2)ccc1Cc1ccc(N)cc1. The lowest BCUT2D eigenvalue weighted by Gasteiger charge is -2.13. The molecule has 0 aliphatic carbocycles. The van der Waals surface area contributed by atoms with Crippen molar-refractivity contribution in [1.29, 1.82) is 0 Å². The van der Waals surface area contributed by atoms with Crippen molar-refractivity contribution in [2.45, 2.75) is 149 Å². The van der Waals surface area contributed by atoms with E-state index in [0.29, 0.717) is 0 Å². The summed E-state index contributed by atoms with van der Waals surface area (Å²) >= 11 is 0. The molecule has 0 saturated carbocycles. The molecule has 2 nitrogen and oxygen atoms in total. The van der Waals surface area contributed by atoms with Crippen molar-refractivity contribution in [3.63, 3.8) is 0 Å². The summed E-state index contributed by atoms with van der Waals surface area (Å²) in [6, 6.07) is 31.5. The zero-order chi connectivity index (χ0) is 34.5. The first-order chi connectivity index (χ1) is 24.0. The highest BCUT2D eigenvalue weighted by atomic mass is 14.5. The average Bonchev–Trinajstić information content (AvgIpc) is 3.11. The molecule has 0 aliphatic heterocycles. The number of nitrogens with two attached hydrogens (primary N) is 2. The van der Waals surface area contributed by atoms with E-state index in [1.165, 1.54) is 155 Å². The Hall–Kier alpha value is -3.52. The fraction of sp³-hybridized carbons (Fsp3) is 0.489. The molecule has 0 atom stereocenters. The highest BCUT2D eigenvalue weighted by molar-refractivity contribution is 5.43. The quantitative estimate of drug-likeness (QED) is 0.0581. The van der Waals surface area contributed by atoms with E-state index in [4.69, 9.17) is 11.5 Å². The average molecular weight is 659 g/mol. The molecule has 0 amide bonds. The minimum atomic E-state index is 0.841. The summed E-state index contributed by atoms with van der Waals surface area (Å²) in [6.45, 7) is 4.59. The molecule has 0 bridgehead atoms. The number of hydrogen-bond donors (Lipinski definition) is 2. The Bertz CT molecular complexity index is 1350. The van der Waals surface area contributed by atoms with E-state index in [1.54, 1.807) is 11.1 Å². The second-order valence-corrected chi connectivity index (χ2v) is 14.6. The van der Waals surface area contributed by atoms with E-state index < -0.39 is 0 Å². The number of anilines is 2. The van der Waals surface area contributed by atoms with E-state index in [9.17, 15) is 0 Å². The second kappa shape index (κ2) is 22.2. The third kappa shape index (κ3) is 14.5. The van der Waals surface area contributed by atoms with E-state index in [-0.39, 0.29) is 0 Å². The molecule has 0 radical (unpaired) electrons. The Labute approximate surface area is 300 Å². The van der Waals surface area contributed by atoms with Gasteiger partial charge in [-0.25, -0.2) is 0 Å². The van der Waals surface area contributed by atoms with Gasteiger partial charge in [0, 0.05) is 11.4 Å². The molecular formula is C47H66N2. The van der Waals surface area contributed by atoms with Crippen molar-refractivity contribution in [1.82, 2.24) is 0 Å². The third-order valence-electron chi connectivity index (χ3n) is 10.3. The van der Waals surface area contributed by atoms with Gasteiger partial charge in [-0.05, 0) is 133 Å². The number of aryl methyl sites for hydroxylation is 4. The maximum atomic E-state index is 5.95. The molecule has 0 unspecified atom stereocenters. The number of rotatable bonds is 24. The predicted molar refractivity (Wildman–Crippen MR) is 216 cm³/mol. The molecule has 4 aromatic rings. The first-order valence-corrected chi connectivity index (χ1v) is 19.9. The monoisotopic (exact) mass is 659 g/mol. The molecule has 0 aliphatic rings. The van der Waals surface area contributed by atoms with Crippen molar-refractivity contribution < 1.29 is 0 Å². The minimum Gasteiger partial charge on any atom is -0.399 e. The number of unbranched alkanes of at least 4 members (excludes halogenated alkanes) is 12. The highest BCUT2D eigenvalue weighted by Gasteiger charge is 2.09. The maximum absolute atomic E-state index is 5.95. The fourth-order valence-corrected chi connectivity index (χ4v) is 7.22. The molecule has 0 saturated heterocycles. The van der Waals surface area contributed by atoms with Crippen molar-refractivity contribution in [2.24, 2.45) is 0 Å². The van der Waals surface area contributed by atoms with Gasteiger partial charge in [-0.15, -0.1) is 0 Å². The Morgan fingerprint density at radius 3 is 1.04 bits per heavy atom. The number of nitrogen functional groups attached to an aromatic ring is 2. The van der Waals surface area contributed by atoms with Crippen LogP contribution in [-0.4, -0.2) is 0 Å². The zero-order valence-corrected chi connectivity index (χ0v) is 31.1. The lowest BCUT2D eigenvalue weighted by Crippen LogP contribution is -2.00. The van der Waals surface area contributed by atoms with Gasteiger partial charge in [0.25, 0.3) is 0 Å². The Kier molecular flexibility index (Phi) is 17.4. The van der Waals surface area contributed by atoms with Crippen molar-refractivity contribution in [2.75, 3.05) is 11.5 Å². The van der Waals surface area contributed by atoms with Crippen LogP contribution >= 0.6 is 0 Å². The second-order valence-electron chi connectivity index (χ2n) is 14.6. The van der Waals surface area contributed by atoms with Gasteiger partial charge in [-0.2, -0.15) is 0 Å². The fourth-order valence-electron chi connectivity index (χ4n) is 7.22. The van der Waals surface area contributed by atoms with Gasteiger partial charge in [0.15, 0.2) is 0 Å². The third-order valence-corrected chi connectivity index (χ3v) is 10.3. The Morgan fingerprint density at radius 2 is 0.653 bits per heavy atom. The van der Waals surface area contributed by atoms with Crippen LogP contribution in [0.15, 0.2) is 84.9 Å². The molecule has 2 heteroatoms. The molecule has 49 heavy (non-hydrogen) atoms. The van der Waals surface area contributed by atoms with Crippen LogP contribution in [0.5, 0.6) is 0 Å². The van der Waals surface area contributed by atoms with Crippen LogP contribution in [0.25, 0.3) is 0 Å². The molecule has 0 aromatic heterocycles. The Balaban J connectivity index is 1.23. The summed E-state index contributed by atoms with van der Waals surface area (Å²) in [5, 5.41) is 0. The van der Waals surface area contributed by atoms with E-state index in [1.807, 2.05) is 24.3 Å². The van der Waals surface area contributed by atoms with Crippen molar-refractivity contribution in [3.8, 4) is 0 Å². The number of hydrogen-bond acceptors (Lipinski definition) is 2. The van der Waals surface area contributed by atoms with Gasteiger partial charge >= 0.3 is 0 Å². The van der Waals surface area contributed by atoms with Crippen molar-refractivity contribution in [3.05, 3.63) is 129 Å². The van der Waals surface area contributed by atoms with Crippen LogP contribution in [-0.2, 0) is 38.5 Å². The van der Waals surface area contributed by atoms with Crippen LogP contribution in [0, 0.1) is 0 Å². The van der Waals surface area contributed by atoms with E-state index in [0.717, 1.165) is 24.2 Å². The number of benzene rings is 4. The van der Waals surface area contributed by atoms with Gasteiger partial charge in [-0.3, -0.25) is 0 Å². The van der Waals surface area contributed by atoms with Crippen molar-refractivity contribution >= 4 is 11.4 Å². The van der Waals surface area contributed by atoms with Crippen LogP contribution in [0.1, 0.15) is 155 Å². The van der Waals surface area contributed by atoms with E-state index >= 15 is 0 Å². The van der Waals surface area contributed by atoms with Gasteiger partial charge in [-0.1, -0.05) is 145 Å². The molecule has 264 valence electrons.